The van der Waals surface area contributed by atoms with Crippen molar-refractivity contribution in [2.75, 3.05) is 13.2 Å². The molecule has 47 heavy (non-hydrogen) atoms. The van der Waals surface area contributed by atoms with Crippen LogP contribution in [0.4, 0.5) is 0 Å². The van der Waals surface area contributed by atoms with Crippen molar-refractivity contribution in [3.8, 4) is 28.7 Å². The van der Waals surface area contributed by atoms with Crippen LogP contribution in [0, 0.1) is 28.6 Å². The number of hydrogen-bond donors (Lipinski definition) is 0. The Hall–Kier alpha value is -4.04. The lowest BCUT2D eigenvalue weighted by molar-refractivity contribution is -0.157. The van der Waals surface area contributed by atoms with Crippen molar-refractivity contribution in [1.29, 1.82) is 5.26 Å². The van der Waals surface area contributed by atoms with E-state index in [0.717, 1.165) is 80.6 Å². The number of aryl methyl sites for hydroxylation is 1. The smallest absolute Gasteiger partial charge is 0.306 e. The van der Waals surface area contributed by atoms with Crippen LogP contribution in [-0.4, -0.2) is 25.3 Å². The van der Waals surface area contributed by atoms with Crippen molar-refractivity contribution in [3.05, 3.63) is 96.1 Å². The van der Waals surface area contributed by atoms with Gasteiger partial charge in [-0.2, -0.15) is 5.26 Å². The van der Waals surface area contributed by atoms with Gasteiger partial charge in [-0.15, -0.1) is 6.58 Å². The summed E-state index contributed by atoms with van der Waals surface area (Å²) in [6.07, 6.45) is 13.9. The zero-order valence-corrected chi connectivity index (χ0v) is 27.9. The van der Waals surface area contributed by atoms with Crippen molar-refractivity contribution in [1.82, 2.24) is 0 Å². The highest BCUT2D eigenvalue weighted by Gasteiger charge is 2.56. The summed E-state index contributed by atoms with van der Waals surface area (Å²) in [5, 5.41) is 8.99. The molecule has 3 aromatic carbocycles. The second-order valence-electron chi connectivity index (χ2n) is 14.0. The minimum atomic E-state index is -0.0343. The number of allylic oxidation sites excluding steroid dienone is 1. The van der Waals surface area contributed by atoms with Crippen LogP contribution in [0.15, 0.2) is 79.4 Å². The van der Waals surface area contributed by atoms with Gasteiger partial charge in [-0.1, -0.05) is 43.3 Å². The molecular weight excluding hydrogens is 582 g/mol. The summed E-state index contributed by atoms with van der Waals surface area (Å²) in [6.45, 7) is 7.57. The highest BCUT2D eigenvalue weighted by atomic mass is 16.5. The molecule has 2 saturated carbocycles. The summed E-state index contributed by atoms with van der Waals surface area (Å²) < 4.78 is 18.2. The highest BCUT2D eigenvalue weighted by Crippen LogP contribution is 2.61. The monoisotopic (exact) mass is 631 g/mol. The average molecular weight is 632 g/mol. The van der Waals surface area contributed by atoms with Gasteiger partial charge in [0.15, 0.2) is 0 Å². The highest BCUT2D eigenvalue weighted by molar-refractivity contribution is 5.69. The van der Waals surface area contributed by atoms with E-state index in [2.05, 4.69) is 37.8 Å². The Morgan fingerprint density at radius 1 is 0.894 bits per heavy atom. The molecule has 0 spiro atoms. The summed E-state index contributed by atoms with van der Waals surface area (Å²) >= 11 is 0. The first kappa shape index (κ1) is 32.9. The van der Waals surface area contributed by atoms with E-state index in [-0.39, 0.29) is 17.5 Å². The number of benzene rings is 3. The largest absolute Gasteiger partial charge is 0.494 e. The van der Waals surface area contributed by atoms with E-state index in [9.17, 15) is 4.79 Å². The van der Waals surface area contributed by atoms with Crippen LogP contribution >= 0.6 is 0 Å². The molecule has 0 aliphatic heterocycles. The van der Waals surface area contributed by atoms with E-state index < -0.39 is 0 Å². The van der Waals surface area contributed by atoms with E-state index in [1.54, 1.807) is 0 Å². The summed E-state index contributed by atoms with van der Waals surface area (Å²) in [7, 11) is 0. The SMILES string of the molecule is C=CCCCOc1ccc2c(c1)CC[C@@H]1[C@@H]2CC[C@]2(C)[C@@H](OC(=O)CCCCCOc3ccc(-c4ccc(C#N)cc4)cc3)CC[C@@H]12. The van der Waals surface area contributed by atoms with E-state index in [1.807, 2.05) is 54.6 Å². The van der Waals surface area contributed by atoms with Crippen LogP contribution in [0.1, 0.15) is 100 Å². The summed E-state index contributed by atoms with van der Waals surface area (Å²) in [5.41, 5.74) is 5.92. The Bertz CT molecular complexity index is 1550. The zero-order chi connectivity index (χ0) is 32.6. The first-order valence-electron chi connectivity index (χ1n) is 17.8. The normalized spacial score (nSPS) is 24.3. The van der Waals surface area contributed by atoms with Crippen LogP contribution in [0.25, 0.3) is 11.1 Å². The number of esters is 1. The Kier molecular flexibility index (Phi) is 10.7. The topological polar surface area (TPSA) is 68.6 Å². The molecule has 3 aliphatic rings. The minimum absolute atomic E-state index is 0.0343. The van der Waals surface area contributed by atoms with Gasteiger partial charge in [0.1, 0.15) is 17.6 Å². The zero-order valence-electron chi connectivity index (χ0n) is 27.9. The lowest BCUT2D eigenvalue weighted by atomic mass is 9.55. The van der Waals surface area contributed by atoms with Crippen molar-refractivity contribution in [3.63, 3.8) is 0 Å². The van der Waals surface area contributed by atoms with Gasteiger partial charge in [-0.05, 0) is 147 Å². The Balaban J connectivity index is 0.913. The molecule has 5 heteroatoms. The van der Waals surface area contributed by atoms with E-state index in [4.69, 9.17) is 19.5 Å². The van der Waals surface area contributed by atoms with Crippen molar-refractivity contribution in [2.24, 2.45) is 17.3 Å². The van der Waals surface area contributed by atoms with Crippen LogP contribution < -0.4 is 9.47 Å². The van der Waals surface area contributed by atoms with Crippen LogP contribution in [0.3, 0.4) is 0 Å². The first-order chi connectivity index (χ1) is 23.0. The number of ether oxygens (including phenoxy) is 3. The number of nitriles is 1. The van der Waals surface area contributed by atoms with Gasteiger partial charge in [-0.3, -0.25) is 4.79 Å². The third kappa shape index (κ3) is 7.59. The molecule has 0 radical (unpaired) electrons. The third-order valence-electron chi connectivity index (χ3n) is 11.2. The fraction of sp³-hybridized carbons (Fsp3) is 0.476. The molecule has 3 aromatic rings. The van der Waals surface area contributed by atoms with E-state index in [1.165, 1.54) is 30.4 Å². The molecule has 0 amide bonds. The Labute approximate surface area is 280 Å². The molecule has 0 saturated heterocycles. The molecule has 0 aromatic heterocycles. The Morgan fingerprint density at radius 3 is 2.38 bits per heavy atom. The molecule has 5 atom stereocenters. The van der Waals surface area contributed by atoms with Gasteiger partial charge >= 0.3 is 5.97 Å². The number of unbranched alkanes of at least 4 members (excludes halogenated alkanes) is 3. The molecule has 5 nitrogen and oxygen atoms in total. The number of carbonyl (C=O) groups is 1. The third-order valence-corrected chi connectivity index (χ3v) is 11.2. The summed E-state index contributed by atoms with van der Waals surface area (Å²) in [4.78, 5) is 13.0. The quantitative estimate of drug-likeness (QED) is 0.101. The van der Waals surface area contributed by atoms with Crippen molar-refractivity contribution in [2.45, 2.75) is 96.0 Å². The average Bonchev–Trinajstić information content (AvgIpc) is 3.43. The lowest BCUT2D eigenvalue weighted by Gasteiger charge is -2.50. The molecule has 0 heterocycles. The van der Waals surface area contributed by atoms with Crippen LogP contribution in [-0.2, 0) is 16.0 Å². The number of hydrogen-bond acceptors (Lipinski definition) is 5. The second-order valence-corrected chi connectivity index (χ2v) is 14.0. The van der Waals surface area contributed by atoms with Gasteiger partial charge in [0, 0.05) is 11.8 Å². The lowest BCUT2D eigenvalue weighted by Crippen LogP contribution is -2.45. The molecule has 246 valence electrons. The van der Waals surface area contributed by atoms with E-state index in [0.29, 0.717) is 36.3 Å². The van der Waals surface area contributed by atoms with Crippen LogP contribution in [0.5, 0.6) is 11.5 Å². The number of fused-ring (bicyclic) bond motifs is 5. The molecule has 2 fully saturated rings. The number of rotatable bonds is 14. The van der Waals surface area contributed by atoms with Gasteiger partial charge in [-0.25, -0.2) is 0 Å². The van der Waals surface area contributed by atoms with E-state index >= 15 is 0 Å². The maximum atomic E-state index is 13.0. The van der Waals surface area contributed by atoms with Crippen molar-refractivity contribution < 1.29 is 19.0 Å². The molecular formula is C42H49NO4. The van der Waals surface area contributed by atoms with Crippen molar-refractivity contribution >= 4 is 5.97 Å². The second kappa shape index (κ2) is 15.2. The first-order valence-corrected chi connectivity index (χ1v) is 17.8. The fourth-order valence-corrected chi connectivity index (χ4v) is 8.65. The predicted octanol–water partition coefficient (Wildman–Crippen LogP) is 9.98. The minimum Gasteiger partial charge on any atom is -0.494 e. The van der Waals surface area contributed by atoms with Crippen LogP contribution in [0.2, 0.25) is 0 Å². The fourth-order valence-electron chi connectivity index (χ4n) is 8.65. The standard InChI is InChI=1S/C42H49NO4/c1-3-4-7-26-46-35-19-21-36-33(28-35)16-20-38-37(36)24-25-42(2)39(38)22-23-40(42)47-41(44)9-6-5-8-27-45-34-17-14-32(15-18-34)31-12-10-30(29-43)11-13-31/h3,10-15,17-19,21,28,37-40H,1,4-9,16,20,22-27H2,2H3/t37-,38-,39+,40+,42+/m1/s1. The molecule has 3 aliphatic carbocycles. The maximum Gasteiger partial charge on any atom is 0.306 e. The van der Waals surface area contributed by atoms with Gasteiger partial charge in [0.2, 0.25) is 0 Å². The Morgan fingerprint density at radius 2 is 1.62 bits per heavy atom. The summed E-state index contributed by atoms with van der Waals surface area (Å²) in [5.74, 6) is 3.72. The van der Waals surface area contributed by atoms with Gasteiger partial charge in [0.25, 0.3) is 0 Å². The van der Waals surface area contributed by atoms with Gasteiger partial charge < -0.3 is 14.2 Å². The number of carbonyl (C=O) groups excluding carboxylic acids is 1. The molecule has 0 N–H and O–H groups in total. The summed E-state index contributed by atoms with van der Waals surface area (Å²) in [6, 6.07) is 24.6. The molecule has 0 bridgehead atoms. The maximum absolute atomic E-state index is 13.0. The van der Waals surface area contributed by atoms with Gasteiger partial charge in [0.05, 0.1) is 24.8 Å². The molecule has 6 rings (SSSR count). The predicted molar refractivity (Wildman–Crippen MR) is 186 cm³/mol. The molecule has 0 unspecified atom stereocenters. The number of nitrogens with zero attached hydrogens (tertiary/aromatic N) is 1.